The van der Waals surface area contributed by atoms with Crippen molar-refractivity contribution in [2.24, 2.45) is 0 Å². The highest BCUT2D eigenvalue weighted by molar-refractivity contribution is 6.05. The number of amides is 1. The number of rotatable bonds is 3. The van der Waals surface area contributed by atoms with Crippen molar-refractivity contribution in [3.63, 3.8) is 0 Å². The molecule has 0 bridgehead atoms. The molecule has 0 spiro atoms. The fraction of sp³-hybridized carbons (Fsp3) is 0.263. The van der Waals surface area contributed by atoms with Crippen molar-refractivity contribution in [2.45, 2.75) is 0 Å². The highest BCUT2D eigenvalue weighted by Crippen LogP contribution is 2.24. The molecule has 4 rings (SSSR count). The van der Waals surface area contributed by atoms with Gasteiger partial charge in [0.05, 0.1) is 12.7 Å². The van der Waals surface area contributed by atoms with Gasteiger partial charge < -0.3 is 19.0 Å². The van der Waals surface area contributed by atoms with Gasteiger partial charge in [-0.1, -0.05) is 0 Å². The molecule has 27 heavy (non-hydrogen) atoms. The second-order valence-electron chi connectivity index (χ2n) is 6.17. The Morgan fingerprint density at radius 2 is 1.85 bits per heavy atom. The minimum Gasteiger partial charge on any atom is -0.497 e. The first kappa shape index (κ1) is 17.0. The van der Waals surface area contributed by atoms with Crippen molar-refractivity contribution in [2.75, 3.05) is 38.2 Å². The second-order valence-corrected chi connectivity index (χ2v) is 6.17. The Balaban J connectivity index is 1.58. The molecule has 1 amide bonds. The van der Waals surface area contributed by atoms with Gasteiger partial charge in [-0.05, 0) is 18.2 Å². The summed E-state index contributed by atoms with van der Waals surface area (Å²) in [6.45, 7) is 2.30. The average Bonchev–Trinajstić information content (AvgIpc) is 2.73. The lowest BCUT2D eigenvalue weighted by Crippen LogP contribution is -2.49. The van der Waals surface area contributed by atoms with Gasteiger partial charge in [0, 0.05) is 56.1 Å². The molecule has 0 unspecified atom stereocenters. The third-order valence-electron chi connectivity index (χ3n) is 4.58. The molecule has 1 aliphatic rings. The third-order valence-corrected chi connectivity index (χ3v) is 4.58. The molecular formula is C19H18N4O4. The molecule has 3 heterocycles. The van der Waals surface area contributed by atoms with Gasteiger partial charge in [-0.15, -0.1) is 0 Å². The fourth-order valence-corrected chi connectivity index (χ4v) is 3.18. The van der Waals surface area contributed by atoms with Gasteiger partial charge in [-0.3, -0.25) is 4.79 Å². The van der Waals surface area contributed by atoms with Gasteiger partial charge in [-0.25, -0.2) is 14.8 Å². The Morgan fingerprint density at radius 1 is 1.11 bits per heavy atom. The van der Waals surface area contributed by atoms with Gasteiger partial charge in [-0.2, -0.15) is 0 Å². The number of carbonyl (C=O) groups is 1. The Labute approximate surface area is 155 Å². The molecule has 0 N–H and O–H groups in total. The summed E-state index contributed by atoms with van der Waals surface area (Å²) in [5.74, 6) is 1.03. The van der Waals surface area contributed by atoms with E-state index in [0.717, 1.165) is 0 Å². The maximum atomic E-state index is 13.0. The fourth-order valence-electron chi connectivity index (χ4n) is 3.18. The van der Waals surface area contributed by atoms with E-state index in [-0.39, 0.29) is 5.91 Å². The minimum atomic E-state index is -0.560. The molecule has 8 nitrogen and oxygen atoms in total. The molecule has 138 valence electrons. The van der Waals surface area contributed by atoms with Crippen LogP contribution in [0.1, 0.15) is 10.4 Å². The summed E-state index contributed by atoms with van der Waals surface area (Å²) in [6.07, 6.45) is 3.40. The van der Waals surface area contributed by atoms with E-state index < -0.39 is 5.63 Å². The van der Waals surface area contributed by atoms with Crippen LogP contribution in [0, 0.1) is 0 Å². The number of piperazine rings is 1. The molecule has 1 aromatic carbocycles. The SMILES string of the molecule is COc1ccc2c(C(=O)N3CCN(c4ncccn4)CC3)cc(=O)oc2c1. The van der Waals surface area contributed by atoms with Crippen LogP contribution in [-0.4, -0.2) is 54.1 Å². The molecular weight excluding hydrogens is 348 g/mol. The molecule has 1 fully saturated rings. The Morgan fingerprint density at radius 3 is 2.56 bits per heavy atom. The standard InChI is InChI=1S/C19H18N4O4/c1-26-13-3-4-14-15(12-17(24)27-16(14)11-13)18(25)22-7-9-23(10-8-22)19-20-5-2-6-21-19/h2-6,11-12H,7-10H2,1H3. The molecule has 2 aromatic heterocycles. The highest BCUT2D eigenvalue weighted by atomic mass is 16.5. The van der Waals surface area contributed by atoms with Gasteiger partial charge in [0.2, 0.25) is 5.95 Å². The van der Waals surface area contributed by atoms with E-state index in [0.29, 0.717) is 54.4 Å². The third kappa shape index (κ3) is 3.33. The predicted octanol–water partition coefficient (Wildman–Crippen LogP) is 1.55. The highest BCUT2D eigenvalue weighted by Gasteiger charge is 2.25. The summed E-state index contributed by atoms with van der Waals surface area (Å²) in [5, 5.41) is 0.592. The van der Waals surface area contributed by atoms with E-state index in [2.05, 4.69) is 9.97 Å². The van der Waals surface area contributed by atoms with E-state index in [9.17, 15) is 9.59 Å². The van der Waals surface area contributed by atoms with E-state index >= 15 is 0 Å². The lowest BCUT2D eigenvalue weighted by molar-refractivity contribution is 0.0747. The Hall–Kier alpha value is -3.42. The Bertz CT molecular complexity index is 1030. The van der Waals surface area contributed by atoms with Gasteiger partial charge in [0.1, 0.15) is 11.3 Å². The summed E-state index contributed by atoms with van der Waals surface area (Å²) in [4.78, 5) is 37.2. The van der Waals surface area contributed by atoms with E-state index in [4.69, 9.17) is 9.15 Å². The zero-order valence-electron chi connectivity index (χ0n) is 14.8. The zero-order chi connectivity index (χ0) is 18.8. The summed E-state index contributed by atoms with van der Waals surface area (Å²) in [6, 6.07) is 8.11. The molecule has 0 saturated carbocycles. The van der Waals surface area contributed by atoms with Crippen LogP contribution < -0.4 is 15.3 Å². The smallest absolute Gasteiger partial charge is 0.337 e. The van der Waals surface area contributed by atoms with Crippen molar-refractivity contribution in [1.82, 2.24) is 14.9 Å². The topological polar surface area (TPSA) is 88.8 Å². The predicted molar refractivity (Wildman–Crippen MR) is 99.2 cm³/mol. The summed E-state index contributed by atoms with van der Waals surface area (Å²) >= 11 is 0. The number of nitrogens with zero attached hydrogens (tertiary/aromatic N) is 4. The number of carbonyl (C=O) groups excluding carboxylic acids is 1. The van der Waals surface area contributed by atoms with Crippen LogP contribution in [0.5, 0.6) is 5.75 Å². The molecule has 0 atom stereocenters. The van der Waals surface area contributed by atoms with Crippen molar-refractivity contribution in [3.8, 4) is 5.75 Å². The van der Waals surface area contributed by atoms with Crippen LogP contribution in [0.3, 0.4) is 0 Å². The summed E-state index contributed by atoms with van der Waals surface area (Å²) in [7, 11) is 1.53. The first-order chi connectivity index (χ1) is 13.2. The van der Waals surface area contributed by atoms with E-state index in [1.807, 2.05) is 4.90 Å². The average molecular weight is 366 g/mol. The second kappa shape index (κ2) is 7.06. The summed E-state index contributed by atoms with van der Waals surface area (Å²) in [5.41, 5.74) is 0.116. The number of methoxy groups -OCH3 is 1. The van der Waals surface area contributed by atoms with Crippen LogP contribution >= 0.6 is 0 Å². The molecule has 1 aliphatic heterocycles. The van der Waals surface area contributed by atoms with Crippen molar-refractivity contribution in [1.29, 1.82) is 0 Å². The maximum Gasteiger partial charge on any atom is 0.337 e. The number of hydrogen-bond donors (Lipinski definition) is 0. The first-order valence-electron chi connectivity index (χ1n) is 8.59. The van der Waals surface area contributed by atoms with Crippen LogP contribution in [0.25, 0.3) is 11.0 Å². The number of fused-ring (bicyclic) bond motifs is 1. The number of ether oxygens (including phenoxy) is 1. The normalized spacial score (nSPS) is 14.4. The molecule has 1 saturated heterocycles. The van der Waals surface area contributed by atoms with Crippen molar-refractivity contribution in [3.05, 3.63) is 58.7 Å². The molecule has 0 aliphatic carbocycles. The molecule has 3 aromatic rings. The van der Waals surface area contributed by atoms with Crippen molar-refractivity contribution < 1.29 is 13.9 Å². The minimum absolute atomic E-state index is 0.188. The van der Waals surface area contributed by atoms with Crippen molar-refractivity contribution >= 4 is 22.8 Å². The largest absolute Gasteiger partial charge is 0.497 e. The maximum absolute atomic E-state index is 13.0. The lowest BCUT2D eigenvalue weighted by Gasteiger charge is -2.34. The van der Waals surface area contributed by atoms with Crippen LogP contribution in [0.15, 0.2) is 51.9 Å². The number of benzene rings is 1. The number of aromatic nitrogens is 2. The first-order valence-corrected chi connectivity index (χ1v) is 8.59. The Kier molecular flexibility index (Phi) is 4.45. The quantitative estimate of drug-likeness (QED) is 0.650. The zero-order valence-corrected chi connectivity index (χ0v) is 14.8. The monoisotopic (exact) mass is 366 g/mol. The molecule has 0 radical (unpaired) electrons. The van der Waals surface area contributed by atoms with Crippen LogP contribution in [0.4, 0.5) is 5.95 Å². The number of anilines is 1. The summed E-state index contributed by atoms with van der Waals surface area (Å²) < 4.78 is 10.4. The van der Waals surface area contributed by atoms with Crippen LogP contribution in [0.2, 0.25) is 0 Å². The van der Waals surface area contributed by atoms with Crippen LogP contribution in [-0.2, 0) is 0 Å². The molecule has 8 heteroatoms. The van der Waals surface area contributed by atoms with E-state index in [1.165, 1.54) is 13.2 Å². The van der Waals surface area contributed by atoms with E-state index in [1.54, 1.807) is 41.6 Å². The lowest BCUT2D eigenvalue weighted by atomic mass is 10.1. The van der Waals surface area contributed by atoms with Gasteiger partial charge in [0.15, 0.2) is 0 Å². The van der Waals surface area contributed by atoms with Gasteiger partial charge in [0.25, 0.3) is 5.91 Å². The number of hydrogen-bond acceptors (Lipinski definition) is 7. The van der Waals surface area contributed by atoms with Gasteiger partial charge >= 0.3 is 5.63 Å².